The molecule has 5 aliphatic heterocycles. The zero-order valence-corrected chi connectivity index (χ0v) is 50.2. The summed E-state index contributed by atoms with van der Waals surface area (Å²) in [4.78, 5) is 15.3. The molecule has 0 bridgehead atoms. The van der Waals surface area contributed by atoms with E-state index in [2.05, 4.69) is 54.5 Å². The highest BCUT2D eigenvalue weighted by atomic mass is 16.8. The molecule has 0 aromatic rings. The maximum atomic E-state index is 15.3. The lowest BCUT2D eigenvalue weighted by atomic mass is 9.33. The van der Waals surface area contributed by atoms with Gasteiger partial charge in [-0.3, -0.25) is 4.79 Å². The molecule has 27 nitrogen and oxygen atoms in total. The van der Waals surface area contributed by atoms with E-state index in [1.807, 2.05) is 0 Å². The third kappa shape index (κ3) is 11.0. The molecule has 0 unspecified atom stereocenters. The quantitative estimate of drug-likeness (QED) is 0.0482. The van der Waals surface area contributed by atoms with Crippen LogP contribution >= 0.6 is 0 Å². The molecule has 16 N–H and O–H groups in total. The molecule has 5 aliphatic carbocycles. The van der Waals surface area contributed by atoms with Crippen LogP contribution in [0, 0.1) is 50.2 Å². The maximum absolute atomic E-state index is 15.3. The van der Waals surface area contributed by atoms with Gasteiger partial charge in [0.2, 0.25) is 6.29 Å². The van der Waals surface area contributed by atoms with E-state index in [1.54, 1.807) is 0 Å². The number of ether oxygens (including phenoxy) is 10. The van der Waals surface area contributed by atoms with Crippen molar-refractivity contribution in [1.82, 2.24) is 0 Å². The molecule has 27 heteroatoms. The van der Waals surface area contributed by atoms with Crippen LogP contribution in [0.1, 0.15) is 113 Å². The van der Waals surface area contributed by atoms with Crippen LogP contribution in [0.2, 0.25) is 0 Å². The summed E-state index contributed by atoms with van der Waals surface area (Å²) in [5, 5.41) is 174. The maximum Gasteiger partial charge on any atom is 0.317 e. The van der Waals surface area contributed by atoms with Crippen molar-refractivity contribution in [2.75, 3.05) is 26.4 Å². The molecule has 0 radical (unpaired) electrons. The second kappa shape index (κ2) is 24.6. The van der Waals surface area contributed by atoms with Crippen LogP contribution < -0.4 is 0 Å². The van der Waals surface area contributed by atoms with Gasteiger partial charge in [-0.2, -0.15) is 0 Å². The highest BCUT2D eigenvalue weighted by molar-refractivity contribution is 5.80. The predicted octanol–water partition coefficient (Wildman–Crippen LogP) is -3.57. The predicted molar refractivity (Wildman–Crippen MR) is 289 cm³/mol. The van der Waals surface area contributed by atoms with Crippen molar-refractivity contribution in [3.8, 4) is 0 Å². The number of carbonyl (C=O) groups excluding carboxylic acids is 1. The number of carbonyl (C=O) groups is 1. The Hall–Kier alpha value is -1.79. The highest BCUT2D eigenvalue weighted by Crippen LogP contribution is 2.76. The lowest BCUT2D eigenvalue weighted by Gasteiger charge is -2.71. The Morgan fingerprint density at radius 2 is 1.07 bits per heavy atom. The number of fused-ring (bicyclic) bond motifs is 7. The summed E-state index contributed by atoms with van der Waals surface area (Å²) in [6, 6.07) is 0. The number of aliphatic hydroxyl groups is 16. The average molecular weight is 1240 g/mol. The van der Waals surface area contributed by atoms with Gasteiger partial charge in [-0.15, -0.1) is 0 Å². The van der Waals surface area contributed by atoms with Gasteiger partial charge in [-0.05, 0) is 110 Å². The normalized spacial score (nSPS) is 54.5. The third-order valence-electron chi connectivity index (χ3n) is 23.1. The number of hydrogen-bond acceptors (Lipinski definition) is 27. The highest BCUT2D eigenvalue weighted by Gasteiger charge is 2.72. The molecule has 9 fully saturated rings. The molecule has 4 saturated carbocycles. The summed E-state index contributed by atoms with van der Waals surface area (Å²) in [5.41, 5.74) is -2.63. The molecule has 5 heterocycles. The van der Waals surface area contributed by atoms with Gasteiger partial charge in [0.1, 0.15) is 115 Å². The second-order valence-corrected chi connectivity index (χ2v) is 28.7. The molecule has 0 aromatic carbocycles. The Kier molecular flexibility index (Phi) is 19.2. The Bertz CT molecular complexity index is 2400. The molecule has 10 rings (SSSR count). The van der Waals surface area contributed by atoms with Crippen LogP contribution in [0.3, 0.4) is 0 Å². The van der Waals surface area contributed by atoms with Crippen LogP contribution in [0.25, 0.3) is 0 Å². The third-order valence-corrected chi connectivity index (χ3v) is 23.1. The van der Waals surface area contributed by atoms with Crippen LogP contribution in [-0.4, -0.2) is 274 Å². The first kappa shape index (κ1) is 67.1. The molecule has 5 saturated heterocycles. The second-order valence-electron chi connectivity index (χ2n) is 28.7. The molecule has 0 spiro atoms. The molecule has 0 amide bonds. The number of hydrogen-bond donors (Lipinski definition) is 16. The van der Waals surface area contributed by atoms with E-state index < -0.39 is 213 Å². The molecule has 86 heavy (non-hydrogen) atoms. The van der Waals surface area contributed by atoms with Crippen LogP contribution in [-0.2, 0) is 52.2 Å². The Balaban J connectivity index is 0.840. The van der Waals surface area contributed by atoms with E-state index in [1.165, 1.54) is 6.92 Å². The van der Waals surface area contributed by atoms with Gasteiger partial charge in [0.05, 0.1) is 44.7 Å². The Morgan fingerprint density at radius 1 is 0.535 bits per heavy atom. The fourth-order valence-electron chi connectivity index (χ4n) is 17.8. The van der Waals surface area contributed by atoms with Crippen molar-refractivity contribution >= 4 is 5.97 Å². The van der Waals surface area contributed by atoms with E-state index in [9.17, 15) is 81.7 Å². The summed E-state index contributed by atoms with van der Waals surface area (Å²) >= 11 is 0. The summed E-state index contributed by atoms with van der Waals surface area (Å²) < 4.78 is 59.3. The SMILES string of the molecule is C[C@@H]1O[C@@H](O[C@H]2[C@H](O)[C@@H](O)[C@H](O[C@H]3[C@H](O)[C@@H](O)[C@H](OC(=O)[C@]45CCC(C)(C)C[C@H]4C4=CC[C@@H]6[C@@]7(C)CC[C@H](O[C@@H]8OC[C@H](O)[C@H](O)[C@H]8O[C@@H]8O[C@H](CO)[C@@H](O)[C@H](O)[C@H]8O)C(C)(C)[C@@H]7CC[C@@]6(C)[C@]4(C)C[C@H]5O)O[C@@H]3CO)O[C@@H]2CO)[C@H](O)[C@H](O)[C@H]1O. The molecule has 33 atom stereocenters. The summed E-state index contributed by atoms with van der Waals surface area (Å²) in [6.07, 6.45) is -34.1. The van der Waals surface area contributed by atoms with E-state index in [-0.39, 0.29) is 42.1 Å². The summed E-state index contributed by atoms with van der Waals surface area (Å²) in [5.74, 6) is -1.24. The lowest BCUT2D eigenvalue weighted by Crippen LogP contribution is -2.68. The molecular formula is C59H96O27. The minimum Gasteiger partial charge on any atom is -0.432 e. The van der Waals surface area contributed by atoms with Gasteiger partial charge in [0, 0.05) is 0 Å². The summed E-state index contributed by atoms with van der Waals surface area (Å²) in [6.45, 7) is 14.1. The molecule has 10 aliphatic rings. The minimum atomic E-state index is -2.04. The first-order valence-corrected chi connectivity index (χ1v) is 30.7. The molecule has 0 aromatic heterocycles. The van der Waals surface area contributed by atoms with E-state index in [0.717, 1.165) is 18.4 Å². The standard InChI is InChI=1S/C59H96O27/c1-23-34(65)37(68)41(72)48(78-23)83-45-28(20-61)80-50(43(74)39(45)70)84-46-29(21-62)81-51(44(75)40(46)71)86-53(76)59-16-15-54(2,3)17-25(59)24-9-10-31-56(6)13-12-33(55(4,5)30(56)11-14-57(31,7)58(24,8)18-32(59)64)82-52-47(35(66)26(63)22-77-52)85-49-42(73)38(69)36(67)27(19-60)79-49/h9,23,25-52,60-75H,10-22H2,1-8H3/t23-,25-,26-,27+,28+,29+,30-,31+,32+,33-,34-,35-,36+,37+,38-,39+,40+,41+,42+,43+,44+,45+,46+,47+,48-,49-,50-,51-,52-,56-,57+,58+,59+/m0/s1. The zero-order valence-electron chi connectivity index (χ0n) is 50.2. The van der Waals surface area contributed by atoms with Crippen molar-refractivity contribution in [2.24, 2.45) is 50.2 Å². The van der Waals surface area contributed by atoms with Gasteiger partial charge in [0.25, 0.3) is 0 Å². The number of esters is 1. The smallest absolute Gasteiger partial charge is 0.317 e. The van der Waals surface area contributed by atoms with Crippen molar-refractivity contribution in [3.63, 3.8) is 0 Å². The number of rotatable bonds is 13. The van der Waals surface area contributed by atoms with Gasteiger partial charge in [-0.1, -0.05) is 60.1 Å². The van der Waals surface area contributed by atoms with Gasteiger partial charge >= 0.3 is 5.97 Å². The first-order chi connectivity index (χ1) is 40.3. The van der Waals surface area contributed by atoms with E-state index >= 15 is 4.79 Å². The molecular weight excluding hydrogens is 1140 g/mol. The van der Waals surface area contributed by atoms with Crippen molar-refractivity contribution in [1.29, 1.82) is 0 Å². The Labute approximate surface area is 499 Å². The average Bonchev–Trinajstić information content (AvgIpc) is 0.681. The zero-order chi connectivity index (χ0) is 62.9. The molecule has 494 valence electrons. The van der Waals surface area contributed by atoms with E-state index in [0.29, 0.717) is 32.1 Å². The van der Waals surface area contributed by atoms with Gasteiger partial charge in [0.15, 0.2) is 25.2 Å². The fourth-order valence-corrected chi connectivity index (χ4v) is 17.8. The minimum absolute atomic E-state index is 0.0713. The number of allylic oxidation sites excluding steroid dienone is 2. The van der Waals surface area contributed by atoms with Crippen molar-refractivity contribution in [2.45, 2.75) is 273 Å². The Morgan fingerprint density at radius 3 is 1.67 bits per heavy atom. The van der Waals surface area contributed by atoms with Crippen LogP contribution in [0.5, 0.6) is 0 Å². The van der Waals surface area contributed by atoms with Crippen molar-refractivity contribution in [3.05, 3.63) is 11.6 Å². The van der Waals surface area contributed by atoms with Crippen LogP contribution in [0.15, 0.2) is 11.6 Å². The summed E-state index contributed by atoms with van der Waals surface area (Å²) in [7, 11) is 0. The number of aliphatic hydroxyl groups excluding tert-OH is 16. The topological polar surface area (TPSA) is 433 Å². The van der Waals surface area contributed by atoms with E-state index in [4.69, 9.17) is 47.4 Å². The lowest BCUT2D eigenvalue weighted by molar-refractivity contribution is -0.377. The monoisotopic (exact) mass is 1240 g/mol. The van der Waals surface area contributed by atoms with Gasteiger partial charge in [-0.25, -0.2) is 0 Å². The largest absolute Gasteiger partial charge is 0.432 e. The van der Waals surface area contributed by atoms with Gasteiger partial charge < -0.3 is 129 Å². The first-order valence-electron chi connectivity index (χ1n) is 30.7. The van der Waals surface area contributed by atoms with Crippen molar-refractivity contribution < 1.29 is 134 Å². The fraction of sp³-hybridized carbons (Fsp3) is 0.949. The van der Waals surface area contributed by atoms with Crippen LogP contribution in [0.4, 0.5) is 0 Å².